The fraction of sp³-hybridized carbons (Fsp3) is 0.312. The average molecular weight is 381 g/mol. The zero-order valence-corrected chi connectivity index (χ0v) is 15.3. The van der Waals surface area contributed by atoms with E-state index in [0.29, 0.717) is 32.0 Å². The van der Waals surface area contributed by atoms with Crippen LogP contribution in [-0.2, 0) is 14.8 Å². The molecule has 0 unspecified atom stereocenters. The molecule has 1 aromatic carbocycles. The van der Waals surface area contributed by atoms with Crippen LogP contribution in [0.3, 0.4) is 0 Å². The van der Waals surface area contributed by atoms with Gasteiger partial charge in [0.15, 0.2) is 0 Å². The van der Waals surface area contributed by atoms with Crippen LogP contribution in [0.5, 0.6) is 0 Å². The molecule has 1 saturated heterocycles. The number of nitrogens with one attached hydrogen (secondary N) is 2. The fourth-order valence-electron chi connectivity index (χ4n) is 2.49. The number of H-pyrrole nitrogens is 1. The molecule has 0 aliphatic carbocycles. The van der Waals surface area contributed by atoms with Crippen molar-refractivity contribution in [2.45, 2.75) is 9.79 Å². The summed E-state index contributed by atoms with van der Waals surface area (Å²) in [6, 6.07) is 8.80. The van der Waals surface area contributed by atoms with Crippen molar-refractivity contribution in [1.29, 1.82) is 0 Å². The molecule has 7 nitrogen and oxygen atoms in total. The first kappa shape index (κ1) is 18.0. The van der Waals surface area contributed by atoms with Crippen molar-refractivity contribution < 1.29 is 17.9 Å². The summed E-state index contributed by atoms with van der Waals surface area (Å²) in [4.78, 5) is 16.2. The molecule has 9 heteroatoms. The lowest BCUT2D eigenvalue weighted by Crippen LogP contribution is -2.40. The van der Waals surface area contributed by atoms with Gasteiger partial charge in [0.2, 0.25) is 10.0 Å². The average Bonchev–Trinajstić information content (AvgIpc) is 3.14. The Kier molecular flexibility index (Phi) is 5.48. The summed E-state index contributed by atoms with van der Waals surface area (Å²) < 4.78 is 31.7. The molecule has 2 heterocycles. The summed E-state index contributed by atoms with van der Waals surface area (Å²) in [5.41, 5.74) is 0.852. The summed E-state index contributed by atoms with van der Waals surface area (Å²) >= 11 is 1.57. The van der Waals surface area contributed by atoms with E-state index in [1.54, 1.807) is 17.8 Å². The number of carbonyl (C=O) groups is 1. The first-order valence-corrected chi connectivity index (χ1v) is 10.4. The minimum absolute atomic E-state index is 0.0809. The maximum absolute atomic E-state index is 12.6. The number of amides is 1. The normalized spacial score (nSPS) is 15.9. The molecule has 1 aromatic heterocycles. The quantitative estimate of drug-likeness (QED) is 0.773. The van der Waals surface area contributed by atoms with Crippen LogP contribution in [0.4, 0.5) is 5.69 Å². The van der Waals surface area contributed by atoms with Crippen molar-refractivity contribution in [3.8, 4) is 0 Å². The molecule has 25 heavy (non-hydrogen) atoms. The monoisotopic (exact) mass is 381 g/mol. The van der Waals surface area contributed by atoms with Crippen LogP contribution in [0.15, 0.2) is 46.3 Å². The molecule has 0 radical (unpaired) electrons. The van der Waals surface area contributed by atoms with Crippen molar-refractivity contribution >= 4 is 33.4 Å². The largest absolute Gasteiger partial charge is 0.379 e. The van der Waals surface area contributed by atoms with E-state index in [4.69, 9.17) is 4.74 Å². The van der Waals surface area contributed by atoms with E-state index in [2.05, 4.69) is 10.3 Å². The highest BCUT2D eigenvalue weighted by molar-refractivity contribution is 7.98. The summed E-state index contributed by atoms with van der Waals surface area (Å²) in [6.07, 6.45) is 3.30. The van der Waals surface area contributed by atoms with Crippen LogP contribution < -0.4 is 5.32 Å². The van der Waals surface area contributed by atoms with Gasteiger partial charge in [-0.2, -0.15) is 4.31 Å². The Labute approximate surface area is 150 Å². The number of aromatic nitrogens is 1. The van der Waals surface area contributed by atoms with Crippen molar-refractivity contribution in [1.82, 2.24) is 9.29 Å². The van der Waals surface area contributed by atoms with Crippen LogP contribution in [0.25, 0.3) is 0 Å². The third-order valence-corrected chi connectivity index (χ3v) is 6.44. The van der Waals surface area contributed by atoms with Gasteiger partial charge < -0.3 is 15.0 Å². The molecule has 1 fully saturated rings. The van der Waals surface area contributed by atoms with E-state index < -0.39 is 10.0 Å². The smallest absolute Gasteiger partial charge is 0.272 e. The van der Waals surface area contributed by atoms with Crippen LogP contribution in [0, 0.1) is 0 Å². The van der Waals surface area contributed by atoms with Gasteiger partial charge >= 0.3 is 0 Å². The van der Waals surface area contributed by atoms with E-state index in [1.807, 2.05) is 24.5 Å². The number of carbonyl (C=O) groups excluding carboxylic acids is 1. The molecular weight excluding hydrogens is 362 g/mol. The van der Waals surface area contributed by atoms with Gasteiger partial charge in [-0.25, -0.2) is 8.42 Å². The van der Waals surface area contributed by atoms with Gasteiger partial charge in [0, 0.05) is 29.9 Å². The molecule has 1 amide bonds. The van der Waals surface area contributed by atoms with Crippen LogP contribution in [-0.4, -0.2) is 56.2 Å². The molecular formula is C16H19N3O4S2. The van der Waals surface area contributed by atoms with Crippen molar-refractivity contribution in [2.75, 3.05) is 37.9 Å². The first-order valence-electron chi connectivity index (χ1n) is 7.72. The molecule has 0 spiro atoms. The number of nitrogens with zero attached hydrogens (tertiary/aromatic N) is 1. The van der Waals surface area contributed by atoms with Crippen molar-refractivity contribution in [2.24, 2.45) is 0 Å². The molecule has 134 valence electrons. The van der Waals surface area contributed by atoms with E-state index in [1.165, 1.54) is 16.6 Å². The summed E-state index contributed by atoms with van der Waals surface area (Å²) in [7, 11) is -3.62. The lowest BCUT2D eigenvalue weighted by molar-refractivity contribution is 0.0730. The van der Waals surface area contributed by atoms with Gasteiger partial charge in [-0.1, -0.05) is 6.07 Å². The second kappa shape index (κ2) is 7.61. The van der Waals surface area contributed by atoms with Gasteiger partial charge in [-0.15, -0.1) is 11.8 Å². The third-order valence-electron chi connectivity index (χ3n) is 3.84. The highest BCUT2D eigenvalue weighted by atomic mass is 32.2. The number of anilines is 1. The summed E-state index contributed by atoms with van der Waals surface area (Å²) in [6.45, 7) is 1.39. The van der Waals surface area contributed by atoms with Crippen LogP contribution in [0.1, 0.15) is 10.5 Å². The number of benzene rings is 1. The van der Waals surface area contributed by atoms with Gasteiger partial charge in [0.1, 0.15) is 10.6 Å². The van der Waals surface area contributed by atoms with Crippen LogP contribution >= 0.6 is 11.8 Å². The number of rotatable bonds is 5. The number of sulfonamides is 1. The molecule has 1 aliphatic rings. The fourth-order valence-corrected chi connectivity index (χ4v) is 4.35. The molecule has 2 aromatic rings. The number of aromatic amines is 1. The Morgan fingerprint density at radius 1 is 1.28 bits per heavy atom. The minimum atomic E-state index is -3.62. The van der Waals surface area contributed by atoms with Crippen molar-refractivity contribution in [3.05, 3.63) is 42.2 Å². The van der Waals surface area contributed by atoms with Crippen LogP contribution in [0.2, 0.25) is 0 Å². The molecule has 2 N–H and O–H groups in total. The topological polar surface area (TPSA) is 91.5 Å². The maximum Gasteiger partial charge on any atom is 0.272 e. The van der Waals surface area contributed by atoms with Crippen molar-refractivity contribution in [3.63, 3.8) is 0 Å². The minimum Gasteiger partial charge on any atom is -0.379 e. The zero-order valence-electron chi connectivity index (χ0n) is 13.7. The standard InChI is InChI=1S/C16H19N3O4S2/c1-24-13-4-2-3-12(9-13)18-16(20)15-10-14(11-17-15)25(21,22)19-5-7-23-8-6-19/h2-4,9-11,17H,5-8H2,1H3,(H,18,20). The van der Waals surface area contributed by atoms with E-state index >= 15 is 0 Å². The SMILES string of the molecule is CSc1cccc(NC(=O)c2cc(S(=O)(=O)N3CCOCC3)c[nH]2)c1. The Bertz CT molecular complexity index is 858. The number of thioether (sulfide) groups is 1. The predicted molar refractivity (Wildman–Crippen MR) is 96.5 cm³/mol. The van der Waals surface area contributed by atoms with Gasteiger partial charge in [-0.05, 0) is 30.5 Å². The Morgan fingerprint density at radius 3 is 2.76 bits per heavy atom. The van der Waals surface area contributed by atoms with Gasteiger partial charge in [-0.3, -0.25) is 4.79 Å². The lowest BCUT2D eigenvalue weighted by atomic mass is 10.3. The molecule has 0 saturated carbocycles. The Balaban J connectivity index is 1.75. The Hall–Kier alpha value is -1.81. The van der Waals surface area contributed by atoms with E-state index in [-0.39, 0.29) is 16.5 Å². The summed E-state index contributed by atoms with van der Waals surface area (Å²) in [5.74, 6) is -0.387. The number of hydrogen-bond acceptors (Lipinski definition) is 5. The Morgan fingerprint density at radius 2 is 2.04 bits per heavy atom. The van der Waals surface area contributed by atoms with Gasteiger partial charge in [0.05, 0.1) is 13.2 Å². The second-order valence-corrected chi connectivity index (χ2v) is 8.27. The second-order valence-electron chi connectivity index (χ2n) is 5.45. The molecule has 1 aliphatic heterocycles. The zero-order chi connectivity index (χ0) is 17.9. The number of morpholine rings is 1. The number of hydrogen-bond donors (Lipinski definition) is 2. The maximum atomic E-state index is 12.6. The molecule has 3 rings (SSSR count). The summed E-state index contributed by atoms with van der Waals surface area (Å²) in [5, 5.41) is 2.77. The highest BCUT2D eigenvalue weighted by Crippen LogP contribution is 2.21. The van der Waals surface area contributed by atoms with Gasteiger partial charge in [0.25, 0.3) is 5.91 Å². The molecule has 0 bridgehead atoms. The number of ether oxygens (including phenoxy) is 1. The molecule has 0 atom stereocenters. The third kappa shape index (κ3) is 4.06. The highest BCUT2D eigenvalue weighted by Gasteiger charge is 2.27. The van der Waals surface area contributed by atoms with E-state index in [9.17, 15) is 13.2 Å². The predicted octanol–water partition coefficient (Wildman–Crippen LogP) is 2.01. The first-order chi connectivity index (χ1) is 12.0. The van der Waals surface area contributed by atoms with E-state index in [0.717, 1.165) is 4.90 Å². The lowest BCUT2D eigenvalue weighted by Gasteiger charge is -2.25.